The molecule has 2 rings (SSSR count). The van der Waals surface area contributed by atoms with Crippen LogP contribution < -0.4 is 10.9 Å². The van der Waals surface area contributed by atoms with Gasteiger partial charge in [0.25, 0.3) is 0 Å². The second kappa shape index (κ2) is 4.09. The highest BCUT2D eigenvalue weighted by atomic mass is 79.9. The highest BCUT2D eigenvalue weighted by Crippen LogP contribution is 2.25. The minimum Gasteiger partial charge on any atom is -0.256 e. The lowest BCUT2D eigenvalue weighted by Crippen LogP contribution is -2.24. The van der Waals surface area contributed by atoms with E-state index in [2.05, 4.69) is 32.9 Å². The lowest BCUT2D eigenvalue weighted by molar-refractivity contribution is 0.545. The van der Waals surface area contributed by atoms with Crippen LogP contribution in [0.15, 0.2) is 28.7 Å². The van der Waals surface area contributed by atoms with E-state index in [-0.39, 0.29) is 12.0 Å². The summed E-state index contributed by atoms with van der Waals surface area (Å²) < 4.78 is 1.06. The maximum absolute atomic E-state index is 8.91. The van der Waals surface area contributed by atoms with Gasteiger partial charge in [0.2, 0.25) is 0 Å². The van der Waals surface area contributed by atoms with E-state index in [0.29, 0.717) is 6.54 Å². The zero-order valence-corrected chi connectivity index (χ0v) is 9.08. The van der Waals surface area contributed by atoms with Crippen molar-refractivity contribution in [3.63, 3.8) is 0 Å². The summed E-state index contributed by atoms with van der Waals surface area (Å²) in [5.41, 5.74) is 7.25. The van der Waals surface area contributed by atoms with Gasteiger partial charge < -0.3 is 0 Å². The SMILES string of the molecule is N#CC1CNNC1c1ccc(Br)cc1. The molecule has 0 spiro atoms. The number of nitrogens with zero attached hydrogens (tertiary/aromatic N) is 1. The van der Waals surface area contributed by atoms with Crippen LogP contribution in [-0.4, -0.2) is 6.54 Å². The summed E-state index contributed by atoms with van der Waals surface area (Å²) in [6.07, 6.45) is 0. The standard InChI is InChI=1S/C10H10BrN3/c11-9-3-1-7(2-4-9)10-8(5-12)6-13-14-10/h1-4,8,10,13-14H,6H2. The third kappa shape index (κ3) is 1.80. The van der Waals surface area contributed by atoms with Gasteiger partial charge in [0.1, 0.15) is 0 Å². The van der Waals surface area contributed by atoms with Crippen molar-refractivity contribution in [2.24, 2.45) is 5.92 Å². The van der Waals surface area contributed by atoms with Crippen LogP contribution in [0.25, 0.3) is 0 Å². The van der Waals surface area contributed by atoms with E-state index in [1.165, 1.54) is 0 Å². The van der Waals surface area contributed by atoms with Gasteiger partial charge in [0.05, 0.1) is 18.0 Å². The number of rotatable bonds is 1. The first kappa shape index (κ1) is 9.66. The Morgan fingerprint density at radius 1 is 1.36 bits per heavy atom. The Kier molecular flexibility index (Phi) is 2.82. The summed E-state index contributed by atoms with van der Waals surface area (Å²) in [6, 6.07) is 10.4. The fraction of sp³-hybridized carbons (Fsp3) is 0.300. The van der Waals surface area contributed by atoms with Crippen LogP contribution in [0.1, 0.15) is 11.6 Å². The van der Waals surface area contributed by atoms with Crippen LogP contribution in [0, 0.1) is 17.2 Å². The van der Waals surface area contributed by atoms with Gasteiger partial charge in [-0.3, -0.25) is 5.43 Å². The predicted octanol–water partition coefficient (Wildman–Crippen LogP) is 1.74. The van der Waals surface area contributed by atoms with E-state index in [1.807, 2.05) is 24.3 Å². The smallest absolute Gasteiger partial charge is 0.0809 e. The van der Waals surface area contributed by atoms with E-state index in [4.69, 9.17) is 5.26 Å². The summed E-state index contributed by atoms with van der Waals surface area (Å²) in [5, 5.41) is 8.91. The minimum atomic E-state index is 0.0103. The van der Waals surface area contributed by atoms with Crippen LogP contribution >= 0.6 is 15.9 Å². The Morgan fingerprint density at radius 2 is 2.07 bits per heavy atom. The van der Waals surface area contributed by atoms with Gasteiger partial charge in [0.15, 0.2) is 0 Å². The Labute approximate surface area is 91.2 Å². The number of benzene rings is 1. The Bertz CT molecular complexity index is 355. The van der Waals surface area contributed by atoms with E-state index in [0.717, 1.165) is 10.0 Å². The number of hydrogen-bond donors (Lipinski definition) is 2. The molecule has 72 valence electrons. The van der Waals surface area contributed by atoms with Crippen LogP contribution in [-0.2, 0) is 0 Å². The normalized spacial score (nSPS) is 26.0. The van der Waals surface area contributed by atoms with Crippen LogP contribution in [0.3, 0.4) is 0 Å². The summed E-state index contributed by atoms with van der Waals surface area (Å²) in [4.78, 5) is 0. The molecule has 0 saturated carbocycles. The zero-order chi connectivity index (χ0) is 9.97. The summed E-state index contributed by atoms with van der Waals surface area (Å²) in [6.45, 7) is 0.706. The third-order valence-corrected chi connectivity index (χ3v) is 2.91. The molecule has 0 radical (unpaired) electrons. The maximum Gasteiger partial charge on any atom is 0.0809 e. The first-order valence-corrected chi connectivity index (χ1v) is 5.24. The number of hydrazine groups is 1. The first-order chi connectivity index (χ1) is 6.81. The van der Waals surface area contributed by atoms with Gasteiger partial charge in [-0.05, 0) is 17.7 Å². The Hall–Kier alpha value is -0.890. The third-order valence-electron chi connectivity index (χ3n) is 2.38. The molecule has 0 amide bonds. The van der Waals surface area contributed by atoms with Crippen LogP contribution in [0.2, 0.25) is 0 Å². The largest absolute Gasteiger partial charge is 0.256 e. The van der Waals surface area contributed by atoms with Gasteiger partial charge in [0, 0.05) is 11.0 Å². The quantitative estimate of drug-likeness (QED) is 0.800. The number of halogens is 1. The zero-order valence-electron chi connectivity index (χ0n) is 7.50. The molecule has 1 saturated heterocycles. The molecule has 2 atom stereocenters. The monoisotopic (exact) mass is 251 g/mol. The molecule has 4 heteroatoms. The van der Waals surface area contributed by atoms with Crippen molar-refractivity contribution in [1.82, 2.24) is 10.9 Å². The van der Waals surface area contributed by atoms with E-state index in [1.54, 1.807) is 0 Å². The molecule has 1 aromatic rings. The van der Waals surface area contributed by atoms with Crippen molar-refractivity contribution >= 4 is 15.9 Å². The lowest BCUT2D eigenvalue weighted by Gasteiger charge is -2.12. The van der Waals surface area contributed by atoms with Gasteiger partial charge >= 0.3 is 0 Å². The second-order valence-corrected chi connectivity index (χ2v) is 4.21. The fourth-order valence-corrected chi connectivity index (χ4v) is 1.87. The van der Waals surface area contributed by atoms with E-state index in [9.17, 15) is 0 Å². The van der Waals surface area contributed by atoms with Crippen molar-refractivity contribution in [1.29, 1.82) is 5.26 Å². The second-order valence-electron chi connectivity index (χ2n) is 3.29. The Morgan fingerprint density at radius 3 is 2.71 bits per heavy atom. The molecule has 0 aromatic heterocycles. The van der Waals surface area contributed by atoms with Crippen LogP contribution in [0.5, 0.6) is 0 Å². The molecule has 0 bridgehead atoms. The molecule has 1 aliphatic heterocycles. The van der Waals surface area contributed by atoms with Crippen LogP contribution in [0.4, 0.5) is 0 Å². The van der Waals surface area contributed by atoms with Gasteiger partial charge in [-0.15, -0.1) is 0 Å². The van der Waals surface area contributed by atoms with E-state index >= 15 is 0 Å². The number of nitriles is 1. The fourth-order valence-electron chi connectivity index (χ4n) is 1.60. The van der Waals surface area contributed by atoms with Crippen molar-refractivity contribution in [3.8, 4) is 6.07 Å². The van der Waals surface area contributed by atoms with Gasteiger partial charge in [-0.2, -0.15) is 5.26 Å². The number of nitrogens with one attached hydrogen (secondary N) is 2. The molecule has 1 aliphatic rings. The Balaban J connectivity index is 2.23. The molecule has 0 aliphatic carbocycles. The topological polar surface area (TPSA) is 47.9 Å². The minimum absolute atomic E-state index is 0.0103. The molecule has 1 fully saturated rings. The average molecular weight is 252 g/mol. The molecule has 2 N–H and O–H groups in total. The predicted molar refractivity (Wildman–Crippen MR) is 57.1 cm³/mol. The van der Waals surface area contributed by atoms with Gasteiger partial charge in [-0.1, -0.05) is 28.1 Å². The molecule has 1 heterocycles. The molecular formula is C10H10BrN3. The molecule has 2 unspecified atom stereocenters. The van der Waals surface area contributed by atoms with Gasteiger partial charge in [-0.25, -0.2) is 5.43 Å². The first-order valence-electron chi connectivity index (χ1n) is 4.45. The highest BCUT2D eigenvalue weighted by molar-refractivity contribution is 9.10. The van der Waals surface area contributed by atoms with Crippen molar-refractivity contribution in [3.05, 3.63) is 34.3 Å². The summed E-state index contributed by atoms with van der Waals surface area (Å²) >= 11 is 3.39. The molecule has 14 heavy (non-hydrogen) atoms. The van der Waals surface area contributed by atoms with Crippen molar-refractivity contribution in [2.45, 2.75) is 6.04 Å². The average Bonchev–Trinajstić information content (AvgIpc) is 2.67. The van der Waals surface area contributed by atoms with E-state index < -0.39 is 0 Å². The van der Waals surface area contributed by atoms with Crippen molar-refractivity contribution in [2.75, 3.05) is 6.54 Å². The molecule has 3 nitrogen and oxygen atoms in total. The summed E-state index contributed by atoms with van der Waals surface area (Å²) in [7, 11) is 0. The summed E-state index contributed by atoms with van der Waals surface area (Å²) in [5.74, 6) is 0.0103. The maximum atomic E-state index is 8.91. The molecule has 1 aromatic carbocycles. The lowest BCUT2D eigenvalue weighted by atomic mass is 9.96. The molecular weight excluding hydrogens is 242 g/mol. The van der Waals surface area contributed by atoms with Crippen molar-refractivity contribution < 1.29 is 0 Å². The number of hydrogen-bond acceptors (Lipinski definition) is 3. The highest BCUT2D eigenvalue weighted by Gasteiger charge is 2.27.